The normalized spacial score (nSPS) is 11.2. The Bertz CT molecular complexity index is 217. The summed E-state index contributed by atoms with van der Waals surface area (Å²) >= 11 is 16.8. The smallest absolute Gasteiger partial charge is 0.0939 e. The summed E-state index contributed by atoms with van der Waals surface area (Å²) in [6.07, 6.45) is 0. The molecule has 0 aliphatic rings. The highest BCUT2D eigenvalue weighted by Gasteiger charge is 2.21. The van der Waals surface area contributed by atoms with E-state index in [1.165, 1.54) is 0 Å². The van der Waals surface area contributed by atoms with Crippen molar-refractivity contribution in [3.63, 3.8) is 0 Å². The van der Waals surface area contributed by atoms with Crippen LogP contribution in [0.3, 0.4) is 0 Å². The average Bonchev–Trinajstić information content (AvgIpc) is 1.85. The fourth-order valence-corrected chi connectivity index (χ4v) is 1.29. The van der Waals surface area contributed by atoms with Crippen molar-refractivity contribution in [3.05, 3.63) is 30.3 Å². The van der Waals surface area contributed by atoms with E-state index in [4.69, 9.17) is 34.8 Å². The fourth-order valence-electron chi connectivity index (χ4n) is 0.827. The molecule has 0 aromatic heterocycles. The molecule has 0 aliphatic heterocycles. The van der Waals surface area contributed by atoms with Crippen molar-refractivity contribution in [2.45, 2.75) is 3.69 Å². The van der Waals surface area contributed by atoms with Crippen LogP contribution in [0.15, 0.2) is 30.3 Å². The van der Waals surface area contributed by atoms with Gasteiger partial charge in [0.2, 0.25) is 7.28 Å². The van der Waals surface area contributed by atoms with Gasteiger partial charge in [0.15, 0.2) is 3.69 Å². The average molecular weight is 207 g/mol. The second-order valence-electron chi connectivity index (χ2n) is 2.28. The molecule has 58 valence electrons. The Kier molecular flexibility index (Phi) is 3.11. The number of rotatable bonds is 1. The Morgan fingerprint density at radius 3 is 2.00 bits per heavy atom. The number of hydrogen-bond donors (Lipinski definition) is 0. The van der Waals surface area contributed by atoms with E-state index in [2.05, 4.69) is 0 Å². The van der Waals surface area contributed by atoms with Crippen molar-refractivity contribution in [1.29, 1.82) is 0 Å². The van der Waals surface area contributed by atoms with Crippen LogP contribution in [0, 0.1) is 0 Å². The van der Waals surface area contributed by atoms with Gasteiger partial charge in [0.25, 0.3) is 0 Å². The summed E-state index contributed by atoms with van der Waals surface area (Å²) in [5, 5.41) is 0. The van der Waals surface area contributed by atoms with Crippen molar-refractivity contribution in [1.82, 2.24) is 0 Å². The van der Waals surface area contributed by atoms with E-state index in [9.17, 15) is 0 Å². The van der Waals surface area contributed by atoms with Gasteiger partial charge < -0.3 is 0 Å². The Labute approximate surface area is 81.7 Å². The van der Waals surface area contributed by atoms with Gasteiger partial charge in [0.1, 0.15) is 0 Å². The minimum absolute atomic E-state index is 0.457. The molecule has 0 aliphatic carbocycles. The van der Waals surface area contributed by atoms with E-state index >= 15 is 0 Å². The van der Waals surface area contributed by atoms with E-state index in [-0.39, 0.29) is 0 Å². The molecule has 0 heterocycles. The molecule has 0 atom stereocenters. The second kappa shape index (κ2) is 3.71. The number of benzene rings is 1. The monoisotopic (exact) mass is 206 g/mol. The quantitative estimate of drug-likeness (QED) is 0.488. The molecule has 11 heavy (non-hydrogen) atoms. The zero-order chi connectivity index (χ0) is 8.32. The van der Waals surface area contributed by atoms with Crippen LogP contribution in [0.4, 0.5) is 0 Å². The zero-order valence-corrected chi connectivity index (χ0v) is 8.00. The van der Waals surface area contributed by atoms with Crippen LogP contribution in [-0.2, 0) is 0 Å². The van der Waals surface area contributed by atoms with Crippen molar-refractivity contribution >= 4 is 47.5 Å². The summed E-state index contributed by atoms with van der Waals surface area (Å²) in [5.74, 6) is 0. The topological polar surface area (TPSA) is 0 Å². The third-order valence-corrected chi connectivity index (χ3v) is 1.65. The molecule has 0 spiro atoms. The van der Waals surface area contributed by atoms with E-state index in [0.29, 0.717) is 7.28 Å². The van der Waals surface area contributed by atoms with Gasteiger partial charge in [-0.05, 0) is 0 Å². The lowest BCUT2D eigenvalue weighted by atomic mass is 9.72. The molecule has 1 aromatic rings. The predicted molar refractivity (Wildman–Crippen MR) is 53.5 cm³/mol. The summed E-state index contributed by atoms with van der Waals surface area (Å²) < 4.78 is -1.18. The summed E-state index contributed by atoms with van der Waals surface area (Å²) in [4.78, 5) is 0. The second-order valence-corrected chi connectivity index (χ2v) is 4.79. The Morgan fingerprint density at radius 1 is 1.00 bits per heavy atom. The van der Waals surface area contributed by atoms with Gasteiger partial charge in [-0.3, -0.25) is 0 Å². The summed E-state index contributed by atoms with van der Waals surface area (Å²) in [5.41, 5.74) is 1.03. The predicted octanol–water partition coefficient (Wildman–Crippen LogP) is 2.08. The summed E-state index contributed by atoms with van der Waals surface area (Å²) in [7, 11) is 0.457. The molecule has 0 fully saturated rings. The molecule has 0 amide bonds. The minimum atomic E-state index is -1.18. The minimum Gasteiger partial charge on any atom is -0.0939 e. The van der Waals surface area contributed by atoms with Crippen LogP contribution in [0.1, 0.15) is 0 Å². The standard InChI is InChI=1S/C7H6BCl3/c9-7(10,11)8-6-4-2-1-3-5-6/h1-5,8H. The maximum atomic E-state index is 5.60. The highest BCUT2D eigenvalue weighted by atomic mass is 35.6. The molecular weight excluding hydrogens is 201 g/mol. The van der Waals surface area contributed by atoms with Gasteiger partial charge in [-0.25, -0.2) is 0 Å². The van der Waals surface area contributed by atoms with Gasteiger partial charge in [-0.1, -0.05) is 70.6 Å². The molecule has 0 N–H and O–H groups in total. The van der Waals surface area contributed by atoms with Gasteiger partial charge in [-0.15, -0.1) is 0 Å². The van der Waals surface area contributed by atoms with Crippen LogP contribution < -0.4 is 5.46 Å². The van der Waals surface area contributed by atoms with Crippen molar-refractivity contribution in [3.8, 4) is 0 Å². The Balaban J connectivity index is 2.66. The van der Waals surface area contributed by atoms with Gasteiger partial charge in [-0.2, -0.15) is 0 Å². The largest absolute Gasteiger partial charge is 0.221 e. The van der Waals surface area contributed by atoms with Crippen LogP contribution in [0.5, 0.6) is 0 Å². The fraction of sp³-hybridized carbons (Fsp3) is 0.143. The maximum Gasteiger partial charge on any atom is 0.221 e. The Morgan fingerprint density at radius 2 is 1.55 bits per heavy atom. The molecule has 0 radical (unpaired) electrons. The highest BCUT2D eigenvalue weighted by Crippen LogP contribution is 2.23. The van der Waals surface area contributed by atoms with Crippen LogP contribution in [-0.4, -0.2) is 11.0 Å². The highest BCUT2D eigenvalue weighted by molar-refractivity contribution is 6.91. The zero-order valence-electron chi connectivity index (χ0n) is 5.73. The first-order valence-electron chi connectivity index (χ1n) is 3.18. The lowest BCUT2D eigenvalue weighted by Gasteiger charge is -2.07. The van der Waals surface area contributed by atoms with Crippen molar-refractivity contribution in [2.24, 2.45) is 0 Å². The molecule has 0 saturated carbocycles. The van der Waals surface area contributed by atoms with Gasteiger partial charge in [0.05, 0.1) is 0 Å². The molecule has 0 nitrogen and oxygen atoms in total. The van der Waals surface area contributed by atoms with Crippen LogP contribution in [0.2, 0.25) is 0 Å². The number of halogens is 3. The van der Waals surface area contributed by atoms with E-state index in [1.54, 1.807) is 0 Å². The Hall–Kier alpha value is 0.155. The molecule has 0 unspecified atom stereocenters. The molecule has 0 bridgehead atoms. The van der Waals surface area contributed by atoms with E-state index in [0.717, 1.165) is 5.46 Å². The first kappa shape index (κ1) is 9.24. The van der Waals surface area contributed by atoms with Gasteiger partial charge in [0, 0.05) is 0 Å². The van der Waals surface area contributed by atoms with Crippen molar-refractivity contribution in [2.75, 3.05) is 0 Å². The SMILES string of the molecule is ClC(Cl)(Cl)Bc1ccccc1. The third-order valence-electron chi connectivity index (χ3n) is 1.25. The van der Waals surface area contributed by atoms with E-state index in [1.807, 2.05) is 30.3 Å². The first-order valence-corrected chi connectivity index (χ1v) is 4.32. The number of alkyl halides is 3. The summed E-state index contributed by atoms with van der Waals surface area (Å²) in [6.45, 7) is 0. The first-order chi connectivity index (χ1) is 5.08. The molecule has 1 aromatic carbocycles. The lowest BCUT2D eigenvalue weighted by molar-refractivity contribution is 1.68. The molecule has 0 saturated heterocycles. The van der Waals surface area contributed by atoms with Gasteiger partial charge >= 0.3 is 0 Å². The molecular formula is C7H6BCl3. The molecule has 4 heteroatoms. The van der Waals surface area contributed by atoms with Crippen molar-refractivity contribution < 1.29 is 0 Å². The number of hydrogen-bond acceptors (Lipinski definition) is 0. The summed E-state index contributed by atoms with van der Waals surface area (Å²) in [6, 6.07) is 9.64. The van der Waals surface area contributed by atoms with Crippen LogP contribution >= 0.6 is 34.8 Å². The lowest BCUT2D eigenvalue weighted by Crippen LogP contribution is -2.26. The van der Waals surface area contributed by atoms with Crippen LogP contribution in [0.25, 0.3) is 0 Å². The third kappa shape index (κ3) is 3.90. The molecule has 1 rings (SSSR count). The maximum absolute atomic E-state index is 5.60. The van der Waals surface area contributed by atoms with E-state index < -0.39 is 3.69 Å².